The number of carbonyl (C=O) groups is 1. The number of halogens is 1. The zero-order chi connectivity index (χ0) is 18.9. The van der Waals surface area contributed by atoms with Crippen molar-refractivity contribution in [3.63, 3.8) is 0 Å². The molecule has 0 radical (unpaired) electrons. The first-order valence-electron chi connectivity index (χ1n) is 7.98. The van der Waals surface area contributed by atoms with E-state index in [0.29, 0.717) is 42.4 Å². The lowest BCUT2D eigenvalue weighted by molar-refractivity contribution is 0.0750. The summed E-state index contributed by atoms with van der Waals surface area (Å²) in [5.41, 5.74) is 1.02. The van der Waals surface area contributed by atoms with Crippen molar-refractivity contribution in [2.75, 3.05) is 42.1 Å². The molecule has 1 amide bonds. The number of hydrogen-bond donors (Lipinski definition) is 1. The second kappa shape index (κ2) is 7.20. The van der Waals surface area contributed by atoms with Gasteiger partial charge in [0.25, 0.3) is 5.91 Å². The van der Waals surface area contributed by atoms with Crippen molar-refractivity contribution in [3.8, 4) is 0 Å². The first-order chi connectivity index (χ1) is 12.2. The van der Waals surface area contributed by atoms with Gasteiger partial charge in [0.15, 0.2) is 5.13 Å². The lowest BCUT2D eigenvalue weighted by Gasteiger charge is -2.36. The fourth-order valence-corrected chi connectivity index (χ4v) is 4.57. The summed E-state index contributed by atoms with van der Waals surface area (Å²) >= 11 is 1.02. The van der Waals surface area contributed by atoms with Gasteiger partial charge in [0, 0.05) is 26.2 Å². The monoisotopic (exact) mass is 398 g/mol. The highest BCUT2D eigenvalue weighted by atomic mass is 32.2. The summed E-state index contributed by atoms with van der Waals surface area (Å²) in [4.78, 5) is 20.9. The molecule has 0 saturated carbocycles. The summed E-state index contributed by atoms with van der Waals surface area (Å²) in [7, 11) is -3.44. The second-order valence-corrected chi connectivity index (χ2v) is 8.79. The highest BCUT2D eigenvalue weighted by Gasteiger charge is 2.26. The number of rotatable bonds is 4. The second-order valence-electron chi connectivity index (χ2n) is 6.04. The minimum Gasteiger partial charge on any atom is -0.366 e. The number of amides is 1. The maximum Gasteiger partial charge on any atom is 0.266 e. The quantitative estimate of drug-likeness (QED) is 0.851. The van der Waals surface area contributed by atoms with Gasteiger partial charge in [-0.15, -0.1) is 0 Å². The van der Waals surface area contributed by atoms with Crippen molar-refractivity contribution in [1.29, 1.82) is 0 Å². The van der Waals surface area contributed by atoms with Gasteiger partial charge in [-0.2, -0.15) is 0 Å². The van der Waals surface area contributed by atoms with Crippen LogP contribution in [0.5, 0.6) is 0 Å². The lowest BCUT2D eigenvalue weighted by atomic mass is 10.2. The van der Waals surface area contributed by atoms with Crippen molar-refractivity contribution < 1.29 is 17.6 Å². The molecular formula is C16H19FN4O3S2. The molecule has 26 heavy (non-hydrogen) atoms. The van der Waals surface area contributed by atoms with E-state index in [9.17, 15) is 17.6 Å². The van der Waals surface area contributed by atoms with E-state index >= 15 is 0 Å². The minimum absolute atomic E-state index is 0.179. The molecule has 1 aliphatic heterocycles. The Morgan fingerprint density at radius 3 is 2.50 bits per heavy atom. The normalized spacial score (nSPS) is 15.2. The maximum absolute atomic E-state index is 13.9. The van der Waals surface area contributed by atoms with Crippen LogP contribution in [0.25, 0.3) is 0 Å². The average molecular weight is 398 g/mol. The smallest absolute Gasteiger partial charge is 0.266 e. The van der Waals surface area contributed by atoms with Crippen molar-refractivity contribution in [2.24, 2.45) is 0 Å². The van der Waals surface area contributed by atoms with E-state index in [0.717, 1.165) is 17.6 Å². The number of piperazine rings is 1. The van der Waals surface area contributed by atoms with Gasteiger partial charge in [-0.05, 0) is 19.1 Å². The van der Waals surface area contributed by atoms with Gasteiger partial charge < -0.3 is 9.80 Å². The van der Waals surface area contributed by atoms with Gasteiger partial charge in [0.05, 0.1) is 17.6 Å². The number of aromatic nitrogens is 1. The van der Waals surface area contributed by atoms with Crippen LogP contribution in [0.1, 0.15) is 15.4 Å². The summed E-state index contributed by atoms with van der Waals surface area (Å²) in [6, 6.07) is 6.58. The van der Waals surface area contributed by atoms with Crippen LogP contribution >= 0.6 is 11.3 Å². The minimum atomic E-state index is -3.44. The van der Waals surface area contributed by atoms with Gasteiger partial charge in [0.2, 0.25) is 10.0 Å². The van der Waals surface area contributed by atoms with Crippen LogP contribution in [-0.4, -0.2) is 56.6 Å². The lowest BCUT2D eigenvalue weighted by Crippen LogP contribution is -2.49. The molecule has 1 aliphatic rings. The van der Waals surface area contributed by atoms with E-state index in [2.05, 4.69) is 9.71 Å². The van der Waals surface area contributed by atoms with Gasteiger partial charge in [-0.25, -0.2) is 17.8 Å². The molecule has 0 bridgehead atoms. The van der Waals surface area contributed by atoms with Crippen molar-refractivity contribution in [2.45, 2.75) is 6.92 Å². The number of sulfonamides is 1. The van der Waals surface area contributed by atoms with Crippen LogP contribution in [-0.2, 0) is 10.0 Å². The first kappa shape index (κ1) is 18.6. The number of aryl methyl sites for hydroxylation is 1. The molecule has 1 saturated heterocycles. The molecule has 3 rings (SSSR count). The zero-order valence-electron chi connectivity index (χ0n) is 14.4. The molecule has 2 aromatic rings. The Morgan fingerprint density at radius 2 is 1.88 bits per heavy atom. The van der Waals surface area contributed by atoms with Crippen LogP contribution in [0, 0.1) is 12.7 Å². The van der Waals surface area contributed by atoms with E-state index in [1.165, 1.54) is 6.07 Å². The SMILES string of the molecule is Cc1nc(NS(C)(=O)=O)sc1C(=O)N1CCN(c2ccccc2F)CC1. The number of benzene rings is 1. The van der Waals surface area contributed by atoms with Crippen molar-refractivity contribution >= 4 is 38.1 Å². The Bertz CT molecular complexity index is 921. The number of para-hydroxylation sites is 1. The van der Waals surface area contributed by atoms with Crippen LogP contribution in [0.4, 0.5) is 15.2 Å². The maximum atomic E-state index is 13.9. The molecule has 140 valence electrons. The highest BCUT2D eigenvalue weighted by Crippen LogP contribution is 2.26. The molecule has 0 aliphatic carbocycles. The van der Waals surface area contributed by atoms with Gasteiger partial charge in [0.1, 0.15) is 10.7 Å². The van der Waals surface area contributed by atoms with Crippen molar-refractivity contribution in [1.82, 2.24) is 9.88 Å². The Morgan fingerprint density at radius 1 is 1.23 bits per heavy atom. The highest BCUT2D eigenvalue weighted by molar-refractivity contribution is 7.92. The molecular weight excluding hydrogens is 379 g/mol. The van der Waals surface area contributed by atoms with Crippen LogP contribution in [0.3, 0.4) is 0 Å². The number of thiazole rings is 1. The molecule has 0 spiro atoms. The van der Waals surface area contributed by atoms with E-state index in [1.54, 1.807) is 30.0 Å². The molecule has 1 aromatic heterocycles. The Hall–Kier alpha value is -2.20. The Labute approximate surface area is 155 Å². The van der Waals surface area contributed by atoms with E-state index in [1.807, 2.05) is 4.90 Å². The predicted octanol–water partition coefficient (Wildman–Crippen LogP) is 1.92. The number of carbonyl (C=O) groups excluding carboxylic acids is 1. The topological polar surface area (TPSA) is 82.6 Å². The third-order valence-corrected chi connectivity index (χ3v) is 5.78. The number of anilines is 2. The molecule has 1 N–H and O–H groups in total. The van der Waals surface area contributed by atoms with E-state index in [-0.39, 0.29) is 16.9 Å². The number of hydrogen-bond acceptors (Lipinski definition) is 6. The Kier molecular flexibility index (Phi) is 5.15. The fourth-order valence-electron chi connectivity index (χ4n) is 2.80. The summed E-state index contributed by atoms with van der Waals surface area (Å²) < 4.78 is 38.8. The van der Waals surface area contributed by atoms with E-state index in [4.69, 9.17) is 0 Å². The van der Waals surface area contributed by atoms with Crippen LogP contribution < -0.4 is 9.62 Å². The third-order valence-electron chi connectivity index (χ3n) is 4.02. The van der Waals surface area contributed by atoms with Crippen LogP contribution in [0.2, 0.25) is 0 Å². The molecule has 1 aromatic carbocycles. The predicted molar refractivity (Wildman–Crippen MR) is 99.8 cm³/mol. The van der Waals surface area contributed by atoms with E-state index < -0.39 is 10.0 Å². The third kappa shape index (κ3) is 4.13. The van der Waals surface area contributed by atoms with Gasteiger partial charge in [-0.3, -0.25) is 9.52 Å². The molecule has 10 heteroatoms. The standard InChI is InChI=1S/C16H19FN4O3S2/c1-11-14(25-16(18-11)19-26(2,23)24)15(22)21-9-7-20(8-10-21)13-6-4-3-5-12(13)17/h3-6H,7-10H2,1-2H3,(H,18,19). The summed E-state index contributed by atoms with van der Waals surface area (Å²) in [5, 5.41) is 0.179. The summed E-state index contributed by atoms with van der Waals surface area (Å²) in [6.45, 7) is 3.64. The molecule has 0 unspecified atom stereocenters. The number of nitrogens with zero attached hydrogens (tertiary/aromatic N) is 3. The largest absolute Gasteiger partial charge is 0.366 e. The molecule has 0 atom stereocenters. The van der Waals surface area contributed by atoms with Crippen molar-refractivity contribution in [3.05, 3.63) is 40.7 Å². The molecule has 2 heterocycles. The molecule has 1 fully saturated rings. The van der Waals surface area contributed by atoms with Gasteiger partial charge in [-0.1, -0.05) is 23.5 Å². The first-order valence-corrected chi connectivity index (χ1v) is 10.7. The zero-order valence-corrected chi connectivity index (χ0v) is 16.0. The fraction of sp³-hybridized carbons (Fsp3) is 0.375. The Balaban J connectivity index is 1.68. The average Bonchev–Trinajstić information content (AvgIpc) is 2.93. The van der Waals surface area contributed by atoms with Crippen LogP contribution in [0.15, 0.2) is 24.3 Å². The summed E-state index contributed by atoms with van der Waals surface area (Å²) in [5.74, 6) is -0.461. The van der Waals surface area contributed by atoms with Gasteiger partial charge >= 0.3 is 0 Å². The number of nitrogens with one attached hydrogen (secondary N) is 1. The summed E-state index contributed by atoms with van der Waals surface area (Å²) in [6.07, 6.45) is 1.03. The molecule has 7 nitrogen and oxygen atoms in total.